The number of hydrogen-bond acceptors (Lipinski definition) is 6. The van der Waals surface area contributed by atoms with Gasteiger partial charge in [-0.2, -0.15) is 0 Å². The summed E-state index contributed by atoms with van der Waals surface area (Å²) < 4.78 is 0. The van der Waals surface area contributed by atoms with Gasteiger partial charge in [-0.3, -0.25) is 4.79 Å². The molecule has 3 rings (SSSR count). The predicted octanol–water partition coefficient (Wildman–Crippen LogP) is 1.54. The van der Waals surface area contributed by atoms with Crippen LogP contribution < -0.4 is 10.4 Å². The zero-order valence-electron chi connectivity index (χ0n) is 14.8. The fourth-order valence-corrected chi connectivity index (χ4v) is 2.87. The number of hydrogen-bond donors (Lipinski definition) is 2. The number of aromatic nitrogens is 1. The zero-order chi connectivity index (χ0) is 19.1. The molecule has 8 heteroatoms. The zero-order valence-corrected chi connectivity index (χ0v) is 14.8. The van der Waals surface area contributed by atoms with E-state index in [1.54, 1.807) is 11.1 Å². The van der Waals surface area contributed by atoms with Crippen LogP contribution in [0.5, 0.6) is 0 Å². The molecule has 1 atom stereocenters. The molecule has 1 aromatic carbocycles. The Labute approximate surface area is 157 Å². The Morgan fingerprint density at radius 2 is 1.78 bits per heavy atom. The lowest BCUT2D eigenvalue weighted by molar-refractivity contribution is -0.142. The normalized spacial score (nSPS) is 15.3. The van der Waals surface area contributed by atoms with Crippen molar-refractivity contribution in [1.29, 1.82) is 0 Å². The first-order valence-electron chi connectivity index (χ1n) is 8.77. The molecule has 1 amide bonds. The molecular weight excluding hydrogens is 348 g/mol. The van der Waals surface area contributed by atoms with E-state index in [0.29, 0.717) is 26.2 Å². The number of pyridine rings is 1. The molecule has 0 saturated carbocycles. The number of carbonyl (C=O) groups is 2. The van der Waals surface area contributed by atoms with E-state index >= 15 is 0 Å². The van der Waals surface area contributed by atoms with E-state index in [-0.39, 0.29) is 6.42 Å². The number of nitrogens with one attached hydrogen (secondary N) is 1. The van der Waals surface area contributed by atoms with Crippen LogP contribution in [0.2, 0.25) is 0 Å². The topological polar surface area (TPSA) is 95.0 Å². The summed E-state index contributed by atoms with van der Waals surface area (Å²) in [6, 6.07) is 13.9. The van der Waals surface area contributed by atoms with E-state index in [2.05, 4.69) is 15.4 Å². The summed E-state index contributed by atoms with van der Waals surface area (Å²) in [6.45, 7) is 2.23. The maximum Gasteiger partial charge on any atom is 0.428 e. The lowest BCUT2D eigenvalue weighted by atomic mass is 10.1. The van der Waals surface area contributed by atoms with E-state index in [1.807, 2.05) is 48.5 Å². The van der Waals surface area contributed by atoms with Crippen molar-refractivity contribution in [2.45, 2.75) is 12.5 Å². The molecule has 142 valence electrons. The van der Waals surface area contributed by atoms with Gasteiger partial charge in [-0.1, -0.05) is 36.4 Å². The van der Waals surface area contributed by atoms with Crippen molar-refractivity contribution in [1.82, 2.24) is 15.4 Å². The van der Waals surface area contributed by atoms with Crippen LogP contribution in [-0.2, 0) is 16.1 Å². The molecular formula is C19H22N4O4. The second-order valence-electron chi connectivity index (χ2n) is 6.23. The standard InChI is InChI=1S/C19H22N4O4/c24-18(25)16(14-15-6-2-1-3-7-15)21-27-19(26)23-12-10-22(11-13-23)17-8-4-5-9-20-17/h1-9,16,21H,10-14H2,(H,24,25)/t16-/m0/s1. The third kappa shape index (κ3) is 5.18. The largest absolute Gasteiger partial charge is 0.480 e. The highest BCUT2D eigenvalue weighted by Gasteiger charge is 2.25. The number of rotatable bonds is 6. The maximum absolute atomic E-state index is 12.2. The van der Waals surface area contributed by atoms with Crippen LogP contribution in [0, 0.1) is 0 Å². The van der Waals surface area contributed by atoms with E-state index in [4.69, 9.17) is 4.84 Å². The van der Waals surface area contributed by atoms with Gasteiger partial charge in [-0.15, -0.1) is 5.48 Å². The molecule has 1 aliphatic heterocycles. The van der Waals surface area contributed by atoms with Crippen molar-refractivity contribution in [3.8, 4) is 0 Å². The molecule has 0 aliphatic carbocycles. The van der Waals surface area contributed by atoms with Crippen LogP contribution in [0.4, 0.5) is 10.6 Å². The first-order valence-corrected chi connectivity index (χ1v) is 8.77. The summed E-state index contributed by atoms with van der Waals surface area (Å²) in [4.78, 5) is 36.6. The highest BCUT2D eigenvalue weighted by Crippen LogP contribution is 2.13. The summed E-state index contributed by atoms with van der Waals surface area (Å²) in [7, 11) is 0. The van der Waals surface area contributed by atoms with E-state index in [1.165, 1.54) is 0 Å². The van der Waals surface area contributed by atoms with Gasteiger partial charge in [0.25, 0.3) is 0 Å². The Kier molecular flexibility index (Phi) is 6.22. The first kappa shape index (κ1) is 18.7. The fourth-order valence-electron chi connectivity index (χ4n) is 2.87. The third-order valence-corrected chi connectivity index (χ3v) is 4.38. The summed E-state index contributed by atoms with van der Waals surface area (Å²) in [6.07, 6.45) is 1.38. The van der Waals surface area contributed by atoms with Crippen LogP contribution in [0.25, 0.3) is 0 Å². The van der Waals surface area contributed by atoms with E-state index in [9.17, 15) is 14.7 Å². The van der Waals surface area contributed by atoms with Gasteiger partial charge in [0, 0.05) is 38.8 Å². The lowest BCUT2D eigenvalue weighted by Gasteiger charge is -2.34. The van der Waals surface area contributed by atoms with Crippen molar-refractivity contribution >= 4 is 17.9 Å². The van der Waals surface area contributed by atoms with Gasteiger partial charge in [0.1, 0.15) is 11.9 Å². The number of aliphatic carboxylic acids is 1. The summed E-state index contributed by atoms with van der Waals surface area (Å²) >= 11 is 0. The highest BCUT2D eigenvalue weighted by atomic mass is 16.7. The van der Waals surface area contributed by atoms with Gasteiger partial charge in [0.15, 0.2) is 0 Å². The average Bonchev–Trinajstić information content (AvgIpc) is 2.72. The van der Waals surface area contributed by atoms with Crippen LogP contribution >= 0.6 is 0 Å². The Bertz CT molecular complexity index is 749. The van der Waals surface area contributed by atoms with Crippen LogP contribution in [-0.4, -0.2) is 59.3 Å². The van der Waals surface area contributed by atoms with Gasteiger partial charge >= 0.3 is 12.1 Å². The van der Waals surface area contributed by atoms with Crippen LogP contribution in [0.3, 0.4) is 0 Å². The number of nitrogens with zero attached hydrogens (tertiary/aromatic N) is 3. The molecule has 1 saturated heterocycles. The molecule has 1 aliphatic rings. The Morgan fingerprint density at radius 1 is 1.07 bits per heavy atom. The molecule has 2 heterocycles. The number of carboxylic acids is 1. The van der Waals surface area contributed by atoms with Crippen LogP contribution in [0.15, 0.2) is 54.7 Å². The quantitative estimate of drug-likeness (QED) is 0.745. The molecule has 8 nitrogen and oxygen atoms in total. The average molecular weight is 370 g/mol. The van der Waals surface area contributed by atoms with Crippen LogP contribution in [0.1, 0.15) is 5.56 Å². The number of benzene rings is 1. The highest BCUT2D eigenvalue weighted by molar-refractivity contribution is 5.74. The van der Waals surface area contributed by atoms with Crippen molar-refractivity contribution in [2.75, 3.05) is 31.1 Å². The molecule has 1 aromatic heterocycles. The van der Waals surface area contributed by atoms with Crippen molar-refractivity contribution in [3.05, 3.63) is 60.3 Å². The molecule has 0 bridgehead atoms. The predicted molar refractivity (Wildman–Crippen MR) is 99.2 cm³/mol. The second kappa shape index (κ2) is 9.00. The minimum absolute atomic E-state index is 0.219. The van der Waals surface area contributed by atoms with Crippen molar-refractivity contribution in [3.63, 3.8) is 0 Å². The van der Waals surface area contributed by atoms with E-state index in [0.717, 1.165) is 11.4 Å². The molecule has 1 fully saturated rings. The monoisotopic (exact) mass is 370 g/mol. The molecule has 0 spiro atoms. The smallest absolute Gasteiger partial charge is 0.428 e. The summed E-state index contributed by atoms with van der Waals surface area (Å²) in [5.41, 5.74) is 3.24. The van der Waals surface area contributed by atoms with E-state index < -0.39 is 18.1 Å². The molecule has 0 unspecified atom stereocenters. The Balaban J connectivity index is 1.48. The van der Waals surface area contributed by atoms with Gasteiger partial charge in [0.05, 0.1) is 0 Å². The second-order valence-corrected chi connectivity index (χ2v) is 6.23. The van der Waals surface area contributed by atoms with Crippen molar-refractivity contribution in [2.24, 2.45) is 0 Å². The summed E-state index contributed by atoms with van der Waals surface area (Å²) in [5, 5.41) is 9.34. The third-order valence-electron chi connectivity index (χ3n) is 4.38. The number of piperazine rings is 1. The molecule has 27 heavy (non-hydrogen) atoms. The first-order chi connectivity index (χ1) is 13.1. The van der Waals surface area contributed by atoms with Gasteiger partial charge in [-0.25, -0.2) is 9.78 Å². The number of hydroxylamine groups is 1. The lowest BCUT2D eigenvalue weighted by Crippen LogP contribution is -2.51. The molecule has 0 radical (unpaired) electrons. The van der Waals surface area contributed by atoms with Crippen molar-refractivity contribution < 1.29 is 19.5 Å². The molecule has 2 aromatic rings. The number of carboxylic acid groups (broad SMARTS) is 1. The van der Waals surface area contributed by atoms with Gasteiger partial charge in [-0.05, 0) is 17.7 Å². The minimum atomic E-state index is -1.08. The fraction of sp³-hybridized carbons (Fsp3) is 0.316. The number of anilines is 1. The Hall–Kier alpha value is -3.13. The number of carbonyl (C=O) groups excluding carboxylic acids is 1. The Morgan fingerprint density at radius 3 is 2.41 bits per heavy atom. The SMILES string of the molecule is O=C(O)[C@H](Cc1ccccc1)NOC(=O)N1CCN(c2ccccn2)CC1. The van der Waals surface area contributed by atoms with Gasteiger partial charge in [0.2, 0.25) is 0 Å². The minimum Gasteiger partial charge on any atom is -0.480 e. The summed E-state index contributed by atoms with van der Waals surface area (Å²) in [5.74, 6) is -0.205. The molecule has 2 N–H and O–H groups in total. The number of amides is 1. The van der Waals surface area contributed by atoms with Gasteiger partial charge < -0.3 is 19.7 Å². The maximum atomic E-state index is 12.2.